The van der Waals surface area contributed by atoms with Crippen LogP contribution in [0, 0.1) is 9.49 Å². The first-order chi connectivity index (χ1) is 6.18. The van der Waals surface area contributed by atoms with Crippen LogP contribution in [-0.4, -0.2) is 0 Å². The van der Waals surface area contributed by atoms with Gasteiger partial charge in [-0.15, -0.1) is 0 Å². The third kappa shape index (κ3) is 1.76. The van der Waals surface area contributed by atoms with Crippen molar-refractivity contribution < 1.29 is 0 Å². The second-order valence-electron chi connectivity index (χ2n) is 4.15. The van der Waals surface area contributed by atoms with E-state index in [9.17, 15) is 0 Å². The Morgan fingerprint density at radius 3 is 2.85 bits per heavy atom. The van der Waals surface area contributed by atoms with E-state index in [0.29, 0.717) is 0 Å². The molecular formula is C12H15I. The van der Waals surface area contributed by atoms with Crippen molar-refractivity contribution in [3.63, 3.8) is 0 Å². The maximum absolute atomic E-state index is 2.40. The van der Waals surface area contributed by atoms with Gasteiger partial charge in [0.25, 0.3) is 0 Å². The van der Waals surface area contributed by atoms with Crippen LogP contribution in [0.2, 0.25) is 0 Å². The van der Waals surface area contributed by atoms with E-state index in [2.05, 4.69) is 54.6 Å². The zero-order valence-electron chi connectivity index (χ0n) is 8.18. The molecule has 1 aliphatic rings. The van der Waals surface area contributed by atoms with Gasteiger partial charge in [-0.3, -0.25) is 0 Å². The number of hydrogen-bond donors (Lipinski definition) is 0. The van der Waals surface area contributed by atoms with E-state index in [1.807, 2.05) is 0 Å². The molecule has 2 atom stereocenters. The summed E-state index contributed by atoms with van der Waals surface area (Å²) in [5.41, 5.74) is 3.16. The Morgan fingerprint density at radius 1 is 1.31 bits per heavy atom. The molecule has 1 aromatic rings. The molecular weight excluding hydrogens is 271 g/mol. The Bertz CT molecular complexity index is 317. The van der Waals surface area contributed by atoms with Gasteiger partial charge >= 0.3 is 0 Å². The van der Waals surface area contributed by atoms with Crippen molar-refractivity contribution in [1.82, 2.24) is 0 Å². The van der Waals surface area contributed by atoms with Crippen molar-refractivity contribution >= 4 is 22.6 Å². The number of halogens is 1. The molecule has 0 fully saturated rings. The second kappa shape index (κ2) is 3.60. The minimum absolute atomic E-state index is 0.751. The summed E-state index contributed by atoms with van der Waals surface area (Å²) in [6.07, 6.45) is 2.63. The van der Waals surface area contributed by atoms with E-state index >= 15 is 0 Å². The fourth-order valence-corrected chi connectivity index (χ4v) is 2.73. The molecule has 0 aromatic heterocycles. The first-order valence-electron chi connectivity index (χ1n) is 4.97. The van der Waals surface area contributed by atoms with Gasteiger partial charge in [-0.05, 0) is 70.5 Å². The van der Waals surface area contributed by atoms with Gasteiger partial charge in [-0.2, -0.15) is 0 Å². The van der Waals surface area contributed by atoms with Crippen LogP contribution in [0.5, 0.6) is 0 Å². The quantitative estimate of drug-likeness (QED) is 0.633. The molecule has 0 bridgehead atoms. The minimum atomic E-state index is 0.751. The molecule has 0 heterocycles. The topological polar surface area (TPSA) is 0 Å². The zero-order chi connectivity index (χ0) is 9.42. The third-order valence-electron chi connectivity index (χ3n) is 3.32. The lowest BCUT2D eigenvalue weighted by molar-refractivity contribution is 0.426. The van der Waals surface area contributed by atoms with Crippen LogP contribution in [0.4, 0.5) is 0 Å². The Kier molecular flexibility index (Phi) is 2.63. The Labute approximate surface area is 93.9 Å². The van der Waals surface area contributed by atoms with E-state index in [0.717, 1.165) is 11.8 Å². The molecule has 0 nitrogen and oxygen atoms in total. The van der Waals surface area contributed by atoms with Crippen molar-refractivity contribution in [2.45, 2.75) is 32.6 Å². The lowest BCUT2D eigenvalue weighted by Gasteiger charge is -2.28. The van der Waals surface area contributed by atoms with Gasteiger partial charge < -0.3 is 0 Å². The Morgan fingerprint density at radius 2 is 2.08 bits per heavy atom. The smallest absolute Gasteiger partial charge is 0.0133 e. The summed E-state index contributed by atoms with van der Waals surface area (Å²) in [7, 11) is 0. The van der Waals surface area contributed by atoms with Gasteiger partial charge in [0.05, 0.1) is 0 Å². The van der Waals surface area contributed by atoms with Crippen LogP contribution in [-0.2, 0) is 6.42 Å². The van der Waals surface area contributed by atoms with Gasteiger partial charge in [0.15, 0.2) is 0 Å². The predicted octanol–water partition coefficient (Wildman–Crippen LogP) is 3.98. The van der Waals surface area contributed by atoms with E-state index in [4.69, 9.17) is 0 Å². The summed E-state index contributed by atoms with van der Waals surface area (Å²) < 4.78 is 1.37. The fourth-order valence-electron chi connectivity index (χ4n) is 2.17. The maximum atomic E-state index is 2.40. The molecule has 0 spiro atoms. The average molecular weight is 286 g/mol. The molecule has 0 amide bonds. The molecule has 0 radical (unpaired) electrons. The summed E-state index contributed by atoms with van der Waals surface area (Å²) >= 11 is 2.40. The number of aryl methyl sites for hydroxylation is 1. The number of benzene rings is 1. The van der Waals surface area contributed by atoms with Gasteiger partial charge in [0.1, 0.15) is 0 Å². The molecule has 2 unspecified atom stereocenters. The molecule has 0 saturated carbocycles. The standard InChI is InChI=1S/C12H15I/c1-8-3-4-10-7-11(13)5-6-12(10)9(8)2/h5-9H,3-4H2,1-2H3. The normalized spacial score (nSPS) is 27.0. The van der Waals surface area contributed by atoms with Crippen LogP contribution < -0.4 is 0 Å². The minimum Gasteiger partial charge on any atom is -0.0619 e. The molecule has 1 aromatic carbocycles. The highest BCUT2D eigenvalue weighted by atomic mass is 127. The maximum Gasteiger partial charge on any atom is 0.0133 e. The molecule has 70 valence electrons. The lowest BCUT2D eigenvalue weighted by atomic mass is 9.77. The van der Waals surface area contributed by atoms with Gasteiger partial charge in [-0.25, -0.2) is 0 Å². The van der Waals surface area contributed by atoms with E-state index < -0.39 is 0 Å². The second-order valence-corrected chi connectivity index (χ2v) is 5.39. The molecule has 2 rings (SSSR count). The van der Waals surface area contributed by atoms with Crippen molar-refractivity contribution in [2.75, 3.05) is 0 Å². The van der Waals surface area contributed by atoms with E-state index in [1.54, 1.807) is 11.1 Å². The van der Waals surface area contributed by atoms with Crippen molar-refractivity contribution in [1.29, 1.82) is 0 Å². The SMILES string of the molecule is CC1CCc2cc(I)ccc2C1C. The molecule has 0 N–H and O–H groups in total. The van der Waals surface area contributed by atoms with Gasteiger partial charge in [0, 0.05) is 3.57 Å². The fraction of sp³-hybridized carbons (Fsp3) is 0.500. The zero-order valence-corrected chi connectivity index (χ0v) is 10.3. The highest BCUT2D eigenvalue weighted by Gasteiger charge is 2.22. The highest BCUT2D eigenvalue weighted by Crippen LogP contribution is 2.35. The van der Waals surface area contributed by atoms with Crippen LogP contribution >= 0.6 is 22.6 Å². The van der Waals surface area contributed by atoms with Crippen molar-refractivity contribution in [3.8, 4) is 0 Å². The van der Waals surface area contributed by atoms with Crippen LogP contribution in [0.15, 0.2) is 18.2 Å². The number of rotatable bonds is 0. The summed E-state index contributed by atoms with van der Waals surface area (Å²) in [6, 6.07) is 6.89. The largest absolute Gasteiger partial charge is 0.0619 e. The first kappa shape index (κ1) is 9.50. The molecule has 1 heteroatoms. The summed E-state index contributed by atoms with van der Waals surface area (Å²) in [5.74, 6) is 1.60. The van der Waals surface area contributed by atoms with Crippen molar-refractivity contribution in [2.24, 2.45) is 5.92 Å². The highest BCUT2D eigenvalue weighted by molar-refractivity contribution is 14.1. The third-order valence-corrected chi connectivity index (χ3v) is 3.99. The van der Waals surface area contributed by atoms with E-state index in [-0.39, 0.29) is 0 Å². The molecule has 13 heavy (non-hydrogen) atoms. The van der Waals surface area contributed by atoms with Crippen LogP contribution in [0.1, 0.15) is 37.3 Å². The van der Waals surface area contributed by atoms with Gasteiger partial charge in [-0.1, -0.05) is 19.9 Å². The summed E-state index contributed by atoms with van der Waals surface area (Å²) in [5, 5.41) is 0. The Hall–Kier alpha value is -0.0500. The average Bonchev–Trinajstić information content (AvgIpc) is 2.12. The van der Waals surface area contributed by atoms with Gasteiger partial charge in [0.2, 0.25) is 0 Å². The summed E-state index contributed by atoms with van der Waals surface area (Å²) in [6.45, 7) is 4.72. The first-order valence-corrected chi connectivity index (χ1v) is 6.04. The predicted molar refractivity (Wildman–Crippen MR) is 65.1 cm³/mol. The van der Waals surface area contributed by atoms with Crippen LogP contribution in [0.3, 0.4) is 0 Å². The monoisotopic (exact) mass is 286 g/mol. The van der Waals surface area contributed by atoms with Crippen molar-refractivity contribution in [3.05, 3.63) is 32.9 Å². The molecule has 0 saturated heterocycles. The Balaban J connectivity index is 2.44. The summed E-state index contributed by atoms with van der Waals surface area (Å²) in [4.78, 5) is 0. The molecule has 1 aliphatic carbocycles. The van der Waals surface area contributed by atoms with Crippen LogP contribution in [0.25, 0.3) is 0 Å². The van der Waals surface area contributed by atoms with E-state index in [1.165, 1.54) is 16.4 Å². The number of hydrogen-bond acceptors (Lipinski definition) is 0. The molecule has 0 aliphatic heterocycles. The lowest BCUT2D eigenvalue weighted by Crippen LogP contribution is -2.15. The number of fused-ring (bicyclic) bond motifs is 1.